The molecule has 0 radical (unpaired) electrons. The van der Waals surface area contributed by atoms with E-state index in [1.165, 1.54) is 0 Å². The first-order chi connectivity index (χ1) is 8.83. The lowest BCUT2D eigenvalue weighted by atomic mass is 9.64. The third-order valence-electron chi connectivity index (χ3n) is 6.94. The molecule has 2 unspecified atom stereocenters. The van der Waals surface area contributed by atoms with Crippen LogP contribution in [0.2, 0.25) is 0 Å². The summed E-state index contributed by atoms with van der Waals surface area (Å²) in [6.45, 7) is 12.2. The maximum absolute atomic E-state index is 5.79. The van der Waals surface area contributed by atoms with Crippen LogP contribution in [0.25, 0.3) is 0 Å². The van der Waals surface area contributed by atoms with Gasteiger partial charge in [-0.2, -0.15) is 0 Å². The van der Waals surface area contributed by atoms with Crippen LogP contribution in [0.4, 0.5) is 0 Å². The van der Waals surface area contributed by atoms with Gasteiger partial charge in [0.1, 0.15) is 5.76 Å². The molecule has 4 bridgehead atoms. The SMILES string of the molecule is CC1=C(C)C2(C)P3N(C)[C@@H](c4ccco4)C2(C)C13C. The van der Waals surface area contributed by atoms with Gasteiger partial charge >= 0.3 is 0 Å². The lowest BCUT2D eigenvalue weighted by Crippen LogP contribution is -2.59. The lowest BCUT2D eigenvalue weighted by Gasteiger charge is -2.62. The molecule has 0 amide bonds. The van der Waals surface area contributed by atoms with Crippen molar-refractivity contribution >= 4 is 8.07 Å². The molecular weight excluding hydrogens is 253 g/mol. The van der Waals surface area contributed by atoms with Crippen LogP contribution in [-0.4, -0.2) is 22.0 Å². The van der Waals surface area contributed by atoms with Gasteiger partial charge in [0, 0.05) is 15.7 Å². The van der Waals surface area contributed by atoms with E-state index in [0.29, 0.717) is 16.4 Å². The maximum atomic E-state index is 5.79. The molecule has 1 aromatic heterocycles. The average Bonchev–Trinajstić information content (AvgIpc) is 3.04. The number of hydrogen-bond donors (Lipinski definition) is 0. The van der Waals surface area contributed by atoms with Crippen LogP contribution < -0.4 is 0 Å². The molecule has 0 saturated carbocycles. The van der Waals surface area contributed by atoms with E-state index in [-0.39, 0.29) is 13.5 Å². The monoisotopic (exact) mass is 275 g/mol. The smallest absolute Gasteiger partial charge is 0.121 e. The minimum Gasteiger partial charge on any atom is -0.468 e. The summed E-state index contributed by atoms with van der Waals surface area (Å²) in [6.07, 6.45) is 1.81. The zero-order chi connectivity index (χ0) is 13.8. The van der Waals surface area contributed by atoms with E-state index in [1.54, 1.807) is 11.1 Å². The Hall–Kier alpha value is -0.590. The molecule has 0 N–H and O–H groups in total. The van der Waals surface area contributed by atoms with Crippen molar-refractivity contribution in [3.63, 3.8) is 0 Å². The van der Waals surface area contributed by atoms with Gasteiger partial charge in [-0.1, -0.05) is 18.1 Å². The van der Waals surface area contributed by atoms with Crippen molar-refractivity contribution in [1.82, 2.24) is 4.67 Å². The molecule has 1 aromatic rings. The van der Waals surface area contributed by atoms with Crippen molar-refractivity contribution < 1.29 is 4.42 Å². The van der Waals surface area contributed by atoms with Crippen molar-refractivity contribution in [2.75, 3.05) is 7.05 Å². The number of allylic oxidation sites excluding steroid dienone is 2. The molecule has 3 fully saturated rings. The van der Waals surface area contributed by atoms with Crippen molar-refractivity contribution in [2.24, 2.45) is 5.41 Å². The zero-order valence-electron chi connectivity index (χ0n) is 12.6. The van der Waals surface area contributed by atoms with E-state index in [0.717, 1.165) is 5.76 Å². The fourth-order valence-corrected chi connectivity index (χ4v) is 10.8. The Morgan fingerprint density at radius 2 is 1.74 bits per heavy atom. The first-order valence-electron chi connectivity index (χ1n) is 7.08. The van der Waals surface area contributed by atoms with Crippen LogP contribution in [0.3, 0.4) is 0 Å². The standard InChI is InChI=1S/C16H22NOP/c1-10-11(2)16(5)14(3)13(12-8-7-9-18-12)17(6)19(16)15(10,14)4/h7-9,13H,1-6H3/t13-,14?,15?,16?,19?/m0/s1. The fraction of sp³-hybridized carbons (Fsp3) is 0.625. The minimum absolute atomic E-state index is 0.130. The molecule has 3 atom stereocenters. The maximum Gasteiger partial charge on any atom is 0.121 e. The van der Waals surface area contributed by atoms with E-state index < -0.39 is 0 Å². The lowest BCUT2D eigenvalue weighted by molar-refractivity contribution is 0.129. The normalized spacial score (nSPS) is 51.9. The largest absolute Gasteiger partial charge is 0.468 e. The van der Waals surface area contributed by atoms with Gasteiger partial charge in [0.05, 0.1) is 12.3 Å². The van der Waals surface area contributed by atoms with Gasteiger partial charge in [0.2, 0.25) is 0 Å². The molecule has 0 spiro atoms. The van der Waals surface area contributed by atoms with Gasteiger partial charge in [0.25, 0.3) is 0 Å². The van der Waals surface area contributed by atoms with Crippen molar-refractivity contribution in [3.05, 3.63) is 35.3 Å². The summed E-state index contributed by atoms with van der Waals surface area (Å²) in [5.74, 6) is 1.15. The summed E-state index contributed by atoms with van der Waals surface area (Å²) in [5.41, 5.74) is 3.57. The Morgan fingerprint density at radius 3 is 2.16 bits per heavy atom. The van der Waals surface area contributed by atoms with Crippen molar-refractivity contribution in [3.8, 4) is 0 Å². The quantitative estimate of drug-likeness (QED) is 0.552. The highest BCUT2D eigenvalue weighted by Crippen LogP contribution is 2.99. The van der Waals surface area contributed by atoms with E-state index in [4.69, 9.17) is 4.42 Å². The molecule has 5 aliphatic rings. The molecule has 3 heteroatoms. The third kappa shape index (κ3) is 0.834. The summed E-state index contributed by atoms with van der Waals surface area (Å²) >= 11 is 0. The second-order valence-corrected chi connectivity index (χ2v) is 9.94. The molecule has 5 heterocycles. The molecule has 2 nitrogen and oxygen atoms in total. The molecule has 19 heavy (non-hydrogen) atoms. The predicted molar refractivity (Wildman–Crippen MR) is 79.4 cm³/mol. The number of fused-ring (bicyclic) bond motifs is 1. The van der Waals surface area contributed by atoms with Crippen LogP contribution in [0, 0.1) is 5.41 Å². The van der Waals surface area contributed by atoms with Crippen LogP contribution in [0.15, 0.2) is 34.0 Å². The summed E-state index contributed by atoms with van der Waals surface area (Å²) in [6, 6.07) is 4.60. The zero-order valence-corrected chi connectivity index (χ0v) is 13.5. The van der Waals surface area contributed by atoms with Gasteiger partial charge in [-0.15, -0.1) is 0 Å². The second kappa shape index (κ2) is 3.02. The summed E-state index contributed by atoms with van der Waals surface area (Å²) in [4.78, 5) is 0. The van der Waals surface area contributed by atoms with E-state index >= 15 is 0 Å². The Balaban J connectivity index is 1.96. The van der Waals surface area contributed by atoms with Crippen LogP contribution in [-0.2, 0) is 0 Å². The summed E-state index contributed by atoms with van der Waals surface area (Å²) < 4.78 is 8.42. The van der Waals surface area contributed by atoms with E-state index in [2.05, 4.69) is 52.4 Å². The first kappa shape index (κ1) is 12.2. The first-order valence-corrected chi connectivity index (χ1v) is 8.37. The Kier molecular flexibility index (Phi) is 1.93. The molecule has 4 aliphatic heterocycles. The van der Waals surface area contributed by atoms with Crippen LogP contribution in [0.5, 0.6) is 0 Å². The van der Waals surface area contributed by atoms with Gasteiger partial charge in [-0.05, 0) is 54.9 Å². The Morgan fingerprint density at radius 1 is 1.16 bits per heavy atom. The molecule has 6 rings (SSSR count). The number of nitrogens with zero attached hydrogens (tertiary/aromatic N) is 1. The van der Waals surface area contributed by atoms with E-state index in [1.807, 2.05) is 12.3 Å². The van der Waals surface area contributed by atoms with Gasteiger partial charge in [0.15, 0.2) is 0 Å². The molecule has 1 aliphatic carbocycles. The third-order valence-corrected chi connectivity index (χ3v) is 11.1. The number of rotatable bonds is 1. The highest BCUT2D eigenvalue weighted by atomic mass is 31.1. The van der Waals surface area contributed by atoms with Gasteiger partial charge in [-0.25, -0.2) is 0 Å². The average molecular weight is 275 g/mol. The molecule has 0 aromatic carbocycles. The fourth-order valence-electron chi connectivity index (χ4n) is 5.70. The molecule has 102 valence electrons. The van der Waals surface area contributed by atoms with Gasteiger partial charge in [-0.3, -0.25) is 4.67 Å². The van der Waals surface area contributed by atoms with Crippen LogP contribution in [0.1, 0.15) is 46.4 Å². The van der Waals surface area contributed by atoms with E-state index in [9.17, 15) is 0 Å². The van der Waals surface area contributed by atoms with Gasteiger partial charge < -0.3 is 4.42 Å². The number of furan rings is 1. The minimum atomic E-state index is -0.130. The second-order valence-electron chi connectivity index (χ2n) is 6.90. The predicted octanol–water partition coefficient (Wildman–Crippen LogP) is 4.55. The van der Waals surface area contributed by atoms with Crippen LogP contribution >= 0.6 is 8.07 Å². The number of hydrogen-bond acceptors (Lipinski definition) is 2. The molecular formula is C16H22NOP. The Bertz CT molecular complexity index is 578. The Labute approximate surface area is 116 Å². The summed E-state index contributed by atoms with van der Waals surface area (Å²) in [5, 5.41) is 0.737. The van der Waals surface area contributed by atoms with Crippen molar-refractivity contribution in [2.45, 2.75) is 51.0 Å². The highest BCUT2D eigenvalue weighted by Gasteiger charge is 2.88. The summed E-state index contributed by atoms with van der Waals surface area (Å²) in [7, 11) is 2.17. The highest BCUT2D eigenvalue weighted by molar-refractivity contribution is 7.62. The topological polar surface area (TPSA) is 16.4 Å². The molecule has 3 saturated heterocycles. The van der Waals surface area contributed by atoms with Crippen molar-refractivity contribution in [1.29, 1.82) is 0 Å².